The minimum Gasteiger partial charge on any atom is -0.352 e. The second-order valence-corrected chi connectivity index (χ2v) is 11.1. The van der Waals surface area contributed by atoms with Gasteiger partial charge in [0.05, 0.1) is 27.7 Å². The van der Waals surface area contributed by atoms with Crippen molar-refractivity contribution in [2.45, 2.75) is 6.42 Å². The van der Waals surface area contributed by atoms with Gasteiger partial charge >= 0.3 is 0 Å². The van der Waals surface area contributed by atoms with Crippen LogP contribution in [0.3, 0.4) is 0 Å². The summed E-state index contributed by atoms with van der Waals surface area (Å²) in [6.45, 7) is 0.304. The van der Waals surface area contributed by atoms with Gasteiger partial charge in [-0.25, -0.2) is 17.5 Å². The average Bonchev–Trinajstić information content (AvgIpc) is 3.37. The van der Waals surface area contributed by atoms with Gasteiger partial charge in [0.1, 0.15) is 11.5 Å². The minimum atomic E-state index is -3.00. The highest BCUT2D eigenvalue weighted by Crippen LogP contribution is 2.34. The number of hydrogen-bond acceptors (Lipinski definition) is 4. The maximum absolute atomic E-state index is 13.5. The normalized spacial score (nSPS) is 17.2. The monoisotopic (exact) mass is 497 g/mol. The van der Waals surface area contributed by atoms with Crippen LogP contribution < -0.4 is 5.32 Å². The number of fused-ring (bicyclic) bond motifs is 1. The summed E-state index contributed by atoms with van der Waals surface area (Å²) in [6, 6.07) is 18.5. The molecule has 4 aromatic rings. The zero-order valence-electron chi connectivity index (χ0n) is 18.0. The zero-order chi connectivity index (χ0) is 23.9. The first-order chi connectivity index (χ1) is 16.3. The van der Waals surface area contributed by atoms with Gasteiger partial charge in [-0.3, -0.25) is 4.79 Å². The molecule has 0 aliphatic carbocycles. The molecule has 6 nitrogen and oxygen atoms in total. The standard InChI is InChI=1S/C25H21ClFN3O3S/c26-22-4-2-1-3-20(22)24-21-10-5-17(25(31)28-14-16-11-12-34(32,33)15-16)13-23(21)30(29-24)19-8-6-18(27)7-9-19/h1-10,13,16H,11-12,14-15H2,(H,28,31). The molecule has 0 bridgehead atoms. The van der Waals surface area contributed by atoms with Crippen molar-refractivity contribution >= 4 is 38.2 Å². The van der Waals surface area contributed by atoms with Gasteiger partial charge in [0.15, 0.2) is 9.84 Å². The van der Waals surface area contributed by atoms with Crippen molar-refractivity contribution in [1.82, 2.24) is 15.1 Å². The molecule has 0 saturated carbocycles. The lowest BCUT2D eigenvalue weighted by Crippen LogP contribution is -2.29. The van der Waals surface area contributed by atoms with E-state index in [9.17, 15) is 17.6 Å². The van der Waals surface area contributed by atoms with Crippen molar-refractivity contribution in [3.63, 3.8) is 0 Å². The number of nitrogens with zero attached hydrogens (tertiary/aromatic N) is 2. The van der Waals surface area contributed by atoms with Gasteiger partial charge in [-0.1, -0.05) is 29.8 Å². The van der Waals surface area contributed by atoms with E-state index in [4.69, 9.17) is 16.7 Å². The number of amides is 1. The molecule has 1 atom stereocenters. The molecule has 1 amide bonds. The van der Waals surface area contributed by atoms with E-state index in [1.54, 1.807) is 35.0 Å². The summed E-state index contributed by atoms with van der Waals surface area (Å²) in [5.41, 5.74) is 3.11. The number of nitrogens with one attached hydrogen (secondary N) is 1. The quantitative estimate of drug-likeness (QED) is 0.435. The van der Waals surface area contributed by atoms with Crippen molar-refractivity contribution in [2.75, 3.05) is 18.1 Å². The first-order valence-electron chi connectivity index (χ1n) is 10.8. The van der Waals surface area contributed by atoms with Gasteiger partial charge in [0.2, 0.25) is 0 Å². The number of carbonyl (C=O) groups is 1. The third kappa shape index (κ3) is 4.43. The predicted molar refractivity (Wildman–Crippen MR) is 131 cm³/mol. The number of halogens is 2. The summed E-state index contributed by atoms with van der Waals surface area (Å²) in [6.07, 6.45) is 0.556. The summed E-state index contributed by atoms with van der Waals surface area (Å²) in [7, 11) is -3.00. The highest BCUT2D eigenvalue weighted by atomic mass is 35.5. The lowest BCUT2D eigenvalue weighted by Gasteiger charge is -2.10. The second kappa shape index (κ2) is 8.85. The van der Waals surface area contributed by atoms with Crippen LogP contribution in [0.4, 0.5) is 4.39 Å². The van der Waals surface area contributed by atoms with Crippen molar-refractivity contribution in [3.8, 4) is 16.9 Å². The SMILES string of the molecule is O=C(NCC1CCS(=O)(=O)C1)c1ccc2c(-c3ccccc3Cl)nn(-c3ccc(F)cc3)c2c1. The fraction of sp³-hybridized carbons (Fsp3) is 0.200. The van der Waals surface area contributed by atoms with E-state index in [0.29, 0.717) is 40.4 Å². The number of benzene rings is 3. The molecule has 1 fully saturated rings. The van der Waals surface area contributed by atoms with Crippen LogP contribution in [0.2, 0.25) is 5.02 Å². The van der Waals surface area contributed by atoms with E-state index in [2.05, 4.69) is 5.32 Å². The van der Waals surface area contributed by atoms with Crippen LogP contribution in [0.25, 0.3) is 27.8 Å². The molecule has 1 aromatic heterocycles. The van der Waals surface area contributed by atoms with Crippen LogP contribution in [-0.2, 0) is 9.84 Å². The lowest BCUT2D eigenvalue weighted by molar-refractivity contribution is 0.0948. The molecule has 3 aromatic carbocycles. The van der Waals surface area contributed by atoms with Gasteiger partial charge in [0.25, 0.3) is 5.91 Å². The molecule has 9 heteroatoms. The molecule has 1 aliphatic heterocycles. The van der Waals surface area contributed by atoms with E-state index in [-0.39, 0.29) is 29.1 Å². The molecular formula is C25H21ClFN3O3S. The average molecular weight is 498 g/mol. The number of hydrogen-bond donors (Lipinski definition) is 1. The number of carbonyl (C=O) groups excluding carboxylic acids is 1. The molecule has 1 saturated heterocycles. The molecule has 174 valence electrons. The zero-order valence-corrected chi connectivity index (χ0v) is 19.6. The Balaban J connectivity index is 1.53. The number of sulfone groups is 1. The van der Waals surface area contributed by atoms with Crippen LogP contribution in [0, 0.1) is 11.7 Å². The largest absolute Gasteiger partial charge is 0.352 e. The Kier molecular flexibility index (Phi) is 5.87. The summed E-state index contributed by atoms with van der Waals surface area (Å²) in [5, 5.41) is 8.94. The Morgan fingerprint density at radius 2 is 1.88 bits per heavy atom. The van der Waals surface area contributed by atoms with E-state index >= 15 is 0 Å². The Morgan fingerprint density at radius 3 is 2.59 bits per heavy atom. The molecule has 1 unspecified atom stereocenters. The Labute approximate surface area is 201 Å². The van der Waals surface area contributed by atoms with E-state index < -0.39 is 9.84 Å². The Morgan fingerprint density at radius 1 is 1.12 bits per heavy atom. The van der Waals surface area contributed by atoms with Crippen molar-refractivity contribution in [3.05, 3.63) is 83.1 Å². The van der Waals surface area contributed by atoms with Gasteiger partial charge in [0, 0.05) is 23.1 Å². The van der Waals surface area contributed by atoms with Crippen LogP contribution in [0.5, 0.6) is 0 Å². The molecular weight excluding hydrogens is 477 g/mol. The topological polar surface area (TPSA) is 81.1 Å². The molecule has 0 spiro atoms. The molecule has 1 aliphatic rings. The van der Waals surface area contributed by atoms with Crippen LogP contribution in [0.15, 0.2) is 66.7 Å². The predicted octanol–water partition coefficient (Wildman–Crippen LogP) is 4.65. The van der Waals surface area contributed by atoms with Gasteiger partial charge in [-0.15, -0.1) is 0 Å². The first kappa shape index (κ1) is 22.6. The third-order valence-electron chi connectivity index (χ3n) is 6.02. The second-order valence-electron chi connectivity index (χ2n) is 8.43. The Hall–Kier alpha value is -3.23. The van der Waals surface area contributed by atoms with E-state index in [1.165, 1.54) is 12.1 Å². The molecule has 1 N–H and O–H groups in total. The maximum Gasteiger partial charge on any atom is 0.251 e. The summed E-state index contributed by atoms with van der Waals surface area (Å²) in [4.78, 5) is 12.9. The van der Waals surface area contributed by atoms with Crippen LogP contribution >= 0.6 is 11.6 Å². The van der Waals surface area contributed by atoms with Gasteiger partial charge in [-0.05, 0) is 60.9 Å². The lowest BCUT2D eigenvalue weighted by atomic mass is 10.1. The van der Waals surface area contributed by atoms with E-state index in [1.807, 2.05) is 24.3 Å². The fourth-order valence-electron chi connectivity index (χ4n) is 4.26. The first-order valence-corrected chi connectivity index (χ1v) is 13.0. The summed E-state index contributed by atoms with van der Waals surface area (Å²) < 4.78 is 38.6. The highest BCUT2D eigenvalue weighted by Gasteiger charge is 2.28. The van der Waals surface area contributed by atoms with E-state index in [0.717, 1.165) is 10.9 Å². The molecule has 2 heterocycles. The third-order valence-corrected chi connectivity index (χ3v) is 8.19. The van der Waals surface area contributed by atoms with Crippen molar-refractivity contribution < 1.29 is 17.6 Å². The molecule has 5 rings (SSSR count). The Bertz CT molecular complexity index is 1500. The maximum atomic E-state index is 13.5. The van der Waals surface area contributed by atoms with Crippen LogP contribution in [0.1, 0.15) is 16.8 Å². The van der Waals surface area contributed by atoms with Crippen molar-refractivity contribution in [1.29, 1.82) is 0 Å². The summed E-state index contributed by atoms with van der Waals surface area (Å²) >= 11 is 6.43. The number of aromatic nitrogens is 2. The highest BCUT2D eigenvalue weighted by molar-refractivity contribution is 7.91. The van der Waals surface area contributed by atoms with Crippen LogP contribution in [-0.4, -0.2) is 42.2 Å². The minimum absolute atomic E-state index is 0.0748. The van der Waals surface area contributed by atoms with Gasteiger partial charge in [-0.2, -0.15) is 5.10 Å². The van der Waals surface area contributed by atoms with Gasteiger partial charge < -0.3 is 5.32 Å². The van der Waals surface area contributed by atoms with Crippen molar-refractivity contribution in [2.24, 2.45) is 5.92 Å². The summed E-state index contributed by atoms with van der Waals surface area (Å²) in [5.74, 6) is -0.460. The fourth-order valence-corrected chi connectivity index (χ4v) is 6.35. The molecule has 34 heavy (non-hydrogen) atoms. The smallest absolute Gasteiger partial charge is 0.251 e. The number of rotatable bonds is 5. The molecule has 0 radical (unpaired) electrons.